The minimum Gasteiger partial charge on any atom is -0.502 e. The molecule has 0 radical (unpaired) electrons. The van der Waals surface area contributed by atoms with Gasteiger partial charge in [0.15, 0.2) is 11.4 Å². The first kappa shape index (κ1) is 20.5. The smallest absolute Gasteiger partial charge is 0.278 e. The average Bonchev–Trinajstić information content (AvgIpc) is 3.34. The summed E-state index contributed by atoms with van der Waals surface area (Å²) in [5.74, 6) is -0.888. The summed E-state index contributed by atoms with van der Waals surface area (Å²) in [6.45, 7) is 1.11. The predicted octanol–water partition coefficient (Wildman–Crippen LogP) is 3.80. The van der Waals surface area contributed by atoms with E-state index < -0.39 is 17.3 Å². The van der Waals surface area contributed by atoms with Crippen molar-refractivity contribution in [2.24, 2.45) is 0 Å². The van der Waals surface area contributed by atoms with Crippen LogP contribution in [0.2, 0.25) is 0 Å². The number of ether oxygens (including phenoxy) is 1. The summed E-state index contributed by atoms with van der Waals surface area (Å²) in [5.41, 5.74) is 5.02. The number of nitrogens with zero attached hydrogens (tertiary/aromatic N) is 3. The van der Waals surface area contributed by atoms with Gasteiger partial charge in [-0.15, -0.1) is 11.3 Å². The number of benzene rings is 2. The second-order valence-corrected chi connectivity index (χ2v) is 9.81. The number of morpholine rings is 1. The minimum atomic E-state index is -0.569. The highest BCUT2D eigenvalue weighted by atomic mass is 32.1. The number of carbonyl (C=O) groups is 1. The monoisotopic (exact) mass is 483 g/mol. The molecule has 0 bridgehead atoms. The summed E-state index contributed by atoms with van der Waals surface area (Å²) in [6, 6.07) is 19.8. The highest BCUT2D eigenvalue weighted by Gasteiger charge is 2.46. The Bertz CT molecular complexity index is 1500. The molecule has 2 aromatic carbocycles. The Labute approximate surface area is 205 Å². The largest absolute Gasteiger partial charge is 0.502 e. The summed E-state index contributed by atoms with van der Waals surface area (Å²) in [7, 11) is 0. The van der Waals surface area contributed by atoms with Crippen LogP contribution in [0.25, 0.3) is 21.6 Å². The van der Waals surface area contributed by atoms with Crippen molar-refractivity contribution < 1.29 is 14.6 Å². The van der Waals surface area contributed by atoms with Crippen molar-refractivity contribution in [3.8, 4) is 27.3 Å². The molecule has 8 heteroatoms. The third-order valence-electron chi connectivity index (χ3n) is 7.15. The molecule has 1 fully saturated rings. The van der Waals surface area contributed by atoms with Crippen molar-refractivity contribution in [1.29, 1.82) is 0 Å². The van der Waals surface area contributed by atoms with Gasteiger partial charge in [-0.1, -0.05) is 48.5 Å². The number of aromatic hydroxyl groups is 1. The van der Waals surface area contributed by atoms with Crippen LogP contribution in [0.15, 0.2) is 77.0 Å². The van der Waals surface area contributed by atoms with Crippen LogP contribution in [0.5, 0.6) is 5.75 Å². The average molecular weight is 484 g/mol. The number of amides is 1. The fourth-order valence-electron chi connectivity index (χ4n) is 5.64. The fourth-order valence-corrected chi connectivity index (χ4v) is 6.59. The lowest BCUT2D eigenvalue weighted by atomic mass is 9.92. The highest BCUT2D eigenvalue weighted by Crippen LogP contribution is 2.49. The van der Waals surface area contributed by atoms with Crippen LogP contribution >= 0.6 is 11.3 Å². The maximum atomic E-state index is 13.5. The van der Waals surface area contributed by atoms with Gasteiger partial charge in [0.25, 0.3) is 5.91 Å². The molecule has 0 saturated carbocycles. The van der Waals surface area contributed by atoms with Gasteiger partial charge in [-0.2, -0.15) is 0 Å². The Morgan fingerprint density at radius 1 is 0.914 bits per heavy atom. The second kappa shape index (κ2) is 7.56. The van der Waals surface area contributed by atoms with Crippen LogP contribution in [-0.2, 0) is 4.74 Å². The zero-order valence-electron chi connectivity index (χ0n) is 18.6. The quantitative estimate of drug-likeness (QED) is 0.446. The molecule has 1 aliphatic carbocycles. The molecule has 2 aromatic heterocycles. The van der Waals surface area contributed by atoms with Crippen molar-refractivity contribution in [3.05, 3.63) is 99.3 Å². The van der Waals surface area contributed by atoms with Crippen LogP contribution in [-0.4, -0.2) is 46.5 Å². The Morgan fingerprint density at radius 2 is 1.66 bits per heavy atom. The summed E-state index contributed by atoms with van der Waals surface area (Å²) in [6.07, 6.45) is 1.18. The molecule has 7 nitrogen and oxygen atoms in total. The van der Waals surface area contributed by atoms with Crippen LogP contribution in [0.3, 0.4) is 0 Å². The first-order chi connectivity index (χ1) is 17.1. The van der Waals surface area contributed by atoms with Gasteiger partial charge < -0.3 is 14.7 Å². The fraction of sp³-hybridized carbons (Fsp3) is 0.185. The molecular weight excluding hydrogens is 462 g/mol. The minimum absolute atomic E-state index is 0.00960. The van der Waals surface area contributed by atoms with E-state index in [9.17, 15) is 14.7 Å². The lowest BCUT2D eigenvalue weighted by Gasteiger charge is -2.51. The molecule has 35 heavy (non-hydrogen) atoms. The normalized spacial score (nSPS) is 20.3. The molecule has 2 unspecified atom stereocenters. The van der Waals surface area contributed by atoms with Crippen LogP contribution in [0.4, 0.5) is 0 Å². The third-order valence-corrected chi connectivity index (χ3v) is 8.10. The van der Waals surface area contributed by atoms with Crippen LogP contribution in [0.1, 0.15) is 27.7 Å². The Kier molecular flexibility index (Phi) is 4.43. The zero-order chi connectivity index (χ0) is 23.7. The number of aromatic nitrogens is 1. The van der Waals surface area contributed by atoms with Crippen molar-refractivity contribution in [2.75, 3.05) is 24.8 Å². The van der Waals surface area contributed by atoms with Gasteiger partial charge in [0.05, 0.1) is 19.3 Å². The maximum absolute atomic E-state index is 13.5. The first-order valence-corrected chi connectivity index (χ1v) is 12.4. The van der Waals surface area contributed by atoms with Crippen LogP contribution in [0, 0.1) is 0 Å². The van der Waals surface area contributed by atoms with Gasteiger partial charge in [0.2, 0.25) is 5.43 Å². The molecule has 1 N–H and O–H groups in total. The molecule has 4 aromatic rings. The van der Waals surface area contributed by atoms with Gasteiger partial charge in [-0.05, 0) is 33.7 Å². The zero-order valence-corrected chi connectivity index (χ0v) is 19.4. The van der Waals surface area contributed by atoms with E-state index in [-0.39, 0.29) is 17.6 Å². The molecule has 2 atom stereocenters. The van der Waals surface area contributed by atoms with E-state index in [2.05, 4.69) is 40.7 Å². The summed E-state index contributed by atoms with van der Waals surface area (Å²) >= 11 is 1.71. The number of fused-ring (bicyclic) bond motifs is 7. The number of hydrogen-bond acceptors (Lipinski definition) is 6. The summed E-state index contributed by atoms with van der Waals surface area (Å²) in [5, 5.41) is 14.9. The van der Waals surface area contributed by atoms with E-state index >= 15 is 0 Å². The van der Waals surface area contributed by atoms with E-state index in [0.717, 1.165) is 22.3 Å². The van der Waals surface area contributed by atoms with Crippen molar-refractivity contribution in [1.82, 2.24) is 9.58 Å². The Hall–Kier alpha value is -3.88. The standard InChI is InChI=1S/C27H21N3O4S/c31-21-9-11-29-24(25(21)32)27(33)28-12-13-34-15-22(28)30(29)23-17-6-2-1-5-16(17)20-10-14-35-26(20)19-8-4-3-7-18(19)23/h1-11,14,22-23,32H,12-13,15H2. The third kappa shape index (κ3) is 2.81. The molecule has 7 rings (SSSR count). The van der Waals surface area contributed by atoms with Gasteiger partial charge in [0, 0.05) is 29.2 Å². The number of thiophene rings is 1. The van der Waals surface area contributed by atoms with E-state index in [0.29, 0.717) is 19.8 Å². The summed E-state index contributed by atoms with van der Waals surface area (Å²) in [4.78, 5) is 28.8. The van der Waals surface area contributed by atoms with Gasteiger partial charge in [0.1, 0.15) is 6.17 Å². The van der Waals surface area contributed by atoms with E-state index in [1.54, 1.807) is 27.1 Å². The van der Waals surface area contributed by atoms with E-state index in [1.165, 1.54) is 16.5 Å². The highest BCUT2D eigenvalue weighted by molar-refractivity contribution is 7.14. The predicted molar refractivity (Wildman–Crippen MR) is 133 cm³/mol. The Balaban J connectivity index is 1.57. The molecule has 3 aliphatic rings. The molecule has 1 saturated heterocycles. The SMILES string of the molecule is O=C1c2c(O)c(=O)ccn2N(C2c3ccccc3-c3ccsc3-c3ccccc32)C2COCCN12. The van der Waals surface area contributed by atoms with E-state index in [1.807, 2.05) is 24.3 Å². The Morgan fingerprint density at radius 3 is 2.49 bits per heavy atom. The maximum Gasteiger partial charge on any atom is 0.278 e. The topological polar surface area (TPSA) is 75.0 Å². The van der Waals surface area contributed by atoms with Crippen molar-refractivity contribution in [2.45, 2.75) is 12.2 Å². The number of rotatable bonds is 1. The molecule has 0 spiro atoms. The van der Waals surface area contributed by atoms with Gasteiger partial charge in [-0.3, -0.25) is 19.3 Å². The molecule has 1 amide bonds. The molecule has 4 heterocycles. The lowest BCUT2D eigenvalue weighted by molar-refractivity contribution is -0.0196. The first-order valence-electron chi connectivity index (χ1n) is 11.5. The molecular formula is C27H21N3O4S. The van der Waals surface area contributed by atoms with E-state index in [4.69, 9.17) is 4.74 Å². The number of carbonyl (C=O) groups excluding carboxylic acids is 1. The van der Waals surface area contributed by atoms with Gasteiger partial charge >= 0.3 is 0 Å². The summed E-state index contributed by atoms with van der Waals surface area (Å²) < 4.78 is 7.52. The van der Waals surface area contributed by atoms with Crippen molar-refractivity contribution >= 4 is 17.2 Å². The number of pyridine rings is 1. The molecule has 2 aliphatic heterocycles. The molecule has 174 valence electrons. The van der Waals surface area contributed by atoms with Crippen molar-refractivity contribution in [3.63, 3.8) is 0 Å². The second-order valence-electron chi connectivity index (χ2n) is 8.90. The lowest BCUT2D eigenvalue weighted by Crippen LogP contribution is -2.66. The van der Waals surface area contributed by atoms with Gasteiger partial charge in [-0.25, -0.2) is 0 Å². The number of hydrogen-bond donors (Lipinski definition) is 1. The van der Waals surface area contributed by atoms with Crippen LogP contribution < -0.4 is 10.4 Å².